The van der Waals surface area contributed by atoms with Gasteiger partial charge in [-0.15, -0.1) is 0 Å². The summed E-state index contributed by atoms with van der Waals surface area (Å²) in [5.41, 5.74) is 0.339. The van der Waals surface area contributed by atoms with E-state index in [0.717, 1.165) is 55.0 Å². The number of hydrogen-bond acceptors (Lipinski definition) is 6. The van der Waals surface area contributed by atoms with Crippen LogP contribution in [0.1, 0.15) is 12.0 Å². The summed E-state index contributed by atoms with van der Waals surface area (Å²) in [6.45, 7) is 4.80. The summed E-state index contributed by atoms with van der Waals surface area (Å²) < 4.78 is 8.51. The van der Waals surface area contributed by atoms with Crippen LogP contribution in [-0.2, 0) is 20.5 Å². The van der Waals surface area contributed by atoms with Crippen molar-refractivity contribution in [2.75, 3.05) is 44.2 Å². The van der Waals surface area contributed by atoms with E-state index in [4.69, 9.17) is 10.00 Å². The molecule has 1 aliphatic heterocycles. The Morgan fingerprint density at radius 1 is 1.07 bits per heavy atom. The van der Waals surface area contributed by atoms with Gasteiger partial charge in [0.25, 0.3) is 5.56 Å². The standard InChI is InChI=1S/C21H27N5O3/c1-23-19(16-20(27)24(2)21(23)28)26-13-11-25(12-14-26)10-5-15-29-18-7-4-3-6-17(18)8-9-22/h3-4,6-7,16H,5,8,10-15H2,1-2H3. The van der Waals surface area contributed by atoms with Crippen molar-refractivity contribution in [3.8, 4) is 11.8 Å². The molecule has 1 aromatic carbocycles. The molecule has 0 saturated carbocycles. The molecular weight excluding hydrogens is 370 g/mol. The van der Waals surface area contributed by atoms with Crippen LogP contribution < -0.4 is 20.9 Å². The van der Waals surface area contributed by atoms with Gasteiger partial charge in [0.05, 0.1) is 19.1 Å². The van der Waals surface area contributed by atoms with E-state index in [2.05, 4.69) is 15.9 Å². The molecule has 0 spiro atoms. The zero-order valence-electron chi connectivity index (χ0n) is 17.0. The van der Waals surface area contributed by atoms with Crippen molar-refractivity contribution in [2.24, 2.45) is 14.1 Å². The molecule has 8 heteroatoms. The highest BCUT2D eigenvalue weighted by Gasteiger charge is 2.20. The number of piperazine rings is 1. The van der Waals surface area contributed by atoms with E-state index in [1.165, 1.54) is 17.7 Å². The van der Waals surface area contributed by atoms with Crippen molar-refractivity contribution >= 4 is 5.82 Å². The maximum absolute atomic E-state index is 12.1. The highest BCUT2D eigenvalue weighted by atomic mass is 16.5. The lowest BCUT2D eigenvalue weighted by Gasteiger charge is -2.36. The summed E-state index contributed by atoms with van der Waals surface area (Å²) in [6.07, 6.45) is 1.24. The molecule has 2 heterocycles. The number of para-hydroxylation sites is 1. The Balaban J connectivity index is 1.47. The van der Waals surface area contributed by atoms with Gasteiger partial charge >= 0.3 is 5.69 Å². The Morgan fingerprint density at radius 3 is 2.52 bits per heavy atom. The molecule has 154 valence electrons. The molecule has 0 amide bonds. The van der Waals surface area contributed by atoms with Crippen LogP contribution in [0.25, 0.3) is 0 Å². The molecule has 0 bridgehead atoms. The number of aromatic nitrogens is 2. The minimum atomic E-state index is -0.302. The molecule has 1 aromatic heterocycles. The van der Waals surface area contributed by atoms with Crippen molar-refractivity contribution in [3.05, 3.63) is 56.7 Å². The predicted molar refractivity (Wildman–Crippen MR) is 111 cm³/mol. The van der Waals surface area contributed by atoms with E-state index >= 15 is 0 Å². The minimum absolute atomic E-state index is 0.278. The highest BCUT2D eigenvalue weighted by molar-refractivity contribution is 5.39. The lowest BCUT2D eigenvalue weighted by atomic mass is 10.1. The molecule has 0 aliphatic carbocycles. The van der Waals surface area contributed by atoms with Gasteiger partial charge in [0, 0.05) is 58.4 Å². The third-order valence-electron chi connectivity index (χ3n) is 5.32. The zero-order chi connectivity index (χ0) is 20.8. The number of nitrogens with zero attached hydrogens (tertiary/aromatic N) is 5. The van der Waals surface area contributed by atoms with Crippen molar-refractivity contribution in [1.82, 2.24) is 14.0 Å². The fraction of sp³-hybridized carbons (Fsp3) is 0.476. The smallest absolute Gasteiger partial charge is 0.332 e. The summed E-state index contributed by atoms with van der Waals surface area (Å²) in [7, 11) is 3.19. The van der Waals surface area contributed by atoms with E-state index in [1.54, 1.807) is 7.05 Å². The Labute approximate surface area is 170 Å². The SMILES string of the molecule is Cn1c(N2CCN(CCCOc3ccccc3CC#N)CC2)cc(=O)n(C)c1=O. The number of anilines is 1. The van der Waals surface area contributed by atoms with E-state index in [-0.39, 0.29) is 11.2 Å². The van der Waals surface area contributed by atoms with E-state index in [9.17, 15) is 9.59 Å². The maximum Gasteiger partial charge on any atom is 0.332 e. The number of nitriles is 1. The molecule has 0 unspecified atom stereocenters. The Morgan fingerprint density at radius 2 is 1.79 bits per heavy atom. The molecular formula is C21H27N5O3. The van der Waals surface area contributed by atoms with Crippen LogP contribution in [-0.4, -0.2) is 53.4 Å². The first-order chi connectivity index (χ1) is 14.0. The largest absolute Gasteiger partial charge is 0.493 e. The molecule has 2 aromatic rings. The minimum Gasteiger partial charge on any atom is -0.493 e. The topological polar surface area (TPSA) is 83.5 Å². The second-order valence-electron chi connectivity index (χ2n) is 7.21. The van der Waals surface area contributed by atoms with Gasteiger partial charge in [-0.3, -0.25) is 18.8 Å². The lowest BCUT2D eigenvalue weighted by Crippen LogP contribution is -2.49. The zero-order valence-corrected chi connectivity index (χ0v) is 17.0. The molecule has 0 atom stereocenters. The Bertz CT molecular complexity index is 997. The first kappa shape index (κ1) is 20.7. The fourth-order valence-electron chi connectivity index (χ4n) is 3.57. The molecule has 0 radical (unpaired) electrons. The molecule has 29 heavy (non-hydrogen) atoms. The van der Waals surface area contributed by atoms with Gasteiger partial charge in [0.1, 0.15) is 11.6 Å². The number of hydrogen-bond donors (Lipinski definition) is 0. The highest BCUT2D eigenvalue weighted by Crippen LogP contribution is 2.18. The molecule has 1 fully saturated rings. The number of benzene rings is 1. The predicted octanol–water partition coefficient (Wildman–Crippen LogP) is 0.741. The van der Waals surface area contributed by atoms with E-state index < -0.39 is 0 Å². The van der Waals surface area contributed by atoms with Gasteiger partial charge in [-0.05, 0) is 12.5 Å². The Kier molecular flexibility index (Phi) is 6.73. The van der Waals surface area contributed by atoms with Crippen molar-refractivity contribution in [2.45, 2.75) is 12.8 Å². The van der Waals surface area contributed by atoms with Crippen molar-refractivity contribution < 1.29 is 4.74 Å². The van der Waals surface area contributed by atoms with Crippen LogP contribution in [0.2, 0.25) is 0 Å². The van der Waals surface area contributed by atoms with Crippen LogP contribution in [0, 0.1) is 11.3 Å². The molecule has 8 nitrogen and oxygen atoms in total. The van der Waals surface area contributed by atoms with Gasteiger partial charge in [0.15, 0.2) is 0 Å². The van der Waals surface area contributed by atoms with Crippen LogP contribution in [0.3, 0.4) is 0 Å². The van der Waals surface area contributed by atoms with Gasteiger partial charge in [0.2, 0.25) is 0 Å². The number of ether oxygens (including phenoxy) is 1. The van der Waals surface area contributed by atoms with Crippen molar-refractivity contribution in [3.63, 3.8) is 0 Å². The normalized spacial score (nSPS) is 14.6. The second-order valence-corrected chi connectivity index (χ2v) is 7.21. The monoisotopic (exact) mass is 397 g/mol. The van der Waals surface area contributed by atoms with E-state index in [0.29, 0.717) is 18.8 Å². The quantitative estimate of drug-likeness (QED) is 0.641. The summed E-state index contributed by atoms with van der Waals surface area (Å²) >= 11 is 0. The van der Waals surface area contributed by atoms with Gasteiger partial charge in [-0.25, -0.2) is 4.79 Å². The summed E-state index contributed by atoms with van der Waals surface area (Å²) in [6, 6.07) is 11.3. The molecule has 3 rings (SSSR count). The summed E-state index contributed by atoms with van der Waals surface area (Å²) in [5.74, 6) is 1.46. The first-order valence-corrected chi connectivity index (χ1v) is 9.83. The third-order valence-corrected chi connectivity index (χ3v) is 5.32. The third kappa shape index (κ3) is 4.87. The van der Waals surface area contributed by atoms with Gasteiger partial charge in [-0.1, -0.05) is 18.2 Å². The van der Waals surface area contributed by atoms with Crippen LogP contribution in [0.15, 0.2) is 39.9 Å². The maximum atomic E-state index is 12.1. The molecule has 1 aliphatic rings. The summed E-state index contributed by atoms with van der Waals surface area (Å²) in [4.78, 5) is 28.5. The van der Waals surface area contributed by atoms with Gasteiger partial charge < -0.3 is 9.64 Å². The van der Waals surface area contributed by atoms with Crippen LogP contribution >= 0.6 is 0 Å². The average Bonchev–Trinajstić information content (AvgIpc) is 2.74. The van der Waals surface area contributed by atoms with Crippen LogP contribution in [0.4, 0.5) is 5.82 Å². The fourth-order valence-corrected chi connectivity index (χ4v) is 3.57. The molecule has 0 N–H and O–H groups in total. The average molecular weight is 397 g/mol. The van der Waals surface area contributed by atoms with Crippen LogP contribution in [0.5, 0.6) is 5.75 Å². The van der Waals surface area contributed by atoms with Crippen molar-refractivity contribution in [1.29, 1.82) is 5.26 Å². The van der Waals surface area contributed by atoms with E-state index in [1.807, 2.05) is 24.3 Å². The molecule has 1 saturated heterocycles. The Hall–Kier alpha value is -3.05. The number of rotatable bonds is 7. The summed E-state index contributed by atoms with van der Waals surface area (Å²) in [5, 5.41) is 8.90. The van der Waals surface area contributed by atoms with Gasteiger partial charge in [-0.2, -0.15) is 5.26 Å². The lowest BCUT2D eigenvalue weighted by molar-refractivity contribution is 0.223. The first-order valence-electron chi connectivity index (χ1n) is 9.83. The second kappa shape index (κ2) is 9.43.